The van der Waals surface area contributed by atoms with E-state index in [-0.39, 0.29) is 0 Å². The first-order valence-corrected chi connectivity index (χ1v) is 7.88. The van der Waals surface area contributed by atoms with Crippen LogP contribution >= 0.6 is 0 Å². The number of unbranched alkanes of at least 4 members (excludes halogenated alkanes) is 1. The van der Waals surface area contributed by atoms with E-state index in [9.17, 15) is 0 Å². The highest BCUT2D eigenvalue weighted by Crippen LogP contribution is 2.30. The van der Waals surface area contributed by atoms with E-state index in [4.69, 9.17) is 0 Å². The summed E-state index contributed by atoms with van der Waals surface area (Å²) in [5, 5.41) is 7.60. The fraction of sp³-hybridized carbons (Fsp3) is 1.00. The maximum absolute atomic E-state index is 3.83. The molecule has 2 heteroatoms. The lowest BCUT2D eigenvalue weighted by molar-refractivity contribution is 0.182. The van der Waals surface area contributed by atoms with E-state index >= 15 is 0 Å². The normalized spacial score (nSPS) is 34.8. The minimum absolute atomic E-state index is 0.797. The maximum Gasteiger partial charge on any atom is 0.0110 e. The van der Waals surface area contributed by atoms with Crippen LogP contribution in [0.2, 0.25) is 0 Å². The highest BCUT2D eigenvalue weighted by atomic mass is 15.0. The number of piperidine rings is 1. The van der Waals surface area contributed by atoms with Crippen molar-refractivity contribution in [1.82, 2.24) is 10.6 Å². The van der Waals surface area contributed by atoms with Gasteiger partial charge in [0.25, 0.3) is 0 Å². The third kappa shape index (κ3) is 3.96. The van der Waals surface area contributed by atoms with Gasteiger partial charge >= 0.3 is 0 Å². The molecule has 3 unspecified atom stereocenters. The zero-order chi connectivity index (χ0) is 11.9. The van der Waals surface area contributed by atoms with Crippen LogP contribution in [-0.2, 0) is 0 Å². The minimum atomic E-state index is 0.797. The van der Waals surface area contributed by atoms with Crippen LogP contribution in [0.15, 0.2) is 0 Å². The van der Waals surface area contributed by atoms with E-state index in [0.717, 1.165) is 18.0 Å². The molecule has 0 aromatic rings. The average Bonchev–Trinajstić information content (AvgIpc) is 2.41. The first kappa shape index (κ1) is 13.4. The summed E-state index contributed by atoms with van der Waals surface area (Å²) in [7, 11) is 0. The van der Waals surface area contributed by atoms with E-state index in [1.165, 1.54) is 70.9 Å². The zero-order valence-electron chi connectivity index (χ0n) is 11.5. The van der Waals surface area contributed by atoms with Gasteiger partial charge in [-0.15, -0.1) is 0 Å². The maximum atomic E-state index is 3.83. The van der Waals surface area contributed by atoms with Gasteiger partial charge in [-0.2, -0.15) is 0 Å². The van der Waals surface area contributed by atoms with E-state index in [1.54, 1.807) is 0 Å². The van der Waals surface area contributed by atoms with Crippen molar-refractivity contribution in [3.8, 4) is 0 Å². The van der Waals surface area contributed by atoms with Crippen LogP contribution in [0.3, 0.4) is 0 Å². The smallest absolute Gasteiger partial charge is 0.0110 e. The Bertz CT molecular complexity index is 199. The lowest BCUT2D eigenvalue weighted by Crippen LogP contribution is -2.50. The molecule has 1 saturated carbocycles. The summed E-state index contributed by atoms with van der Waals surface area (Å²) in [6.45, 7) is 4.76. The van der Waals surface area contributed by atoms with Gasteiger partial charge in [-0.05, 0) is 51.1 Å². The molecule has 0 aromatic carbocycles. The van der Waals surface area contributed by atoms with Crippen LogP contribution in [0.1, 0.15) is 64.7 Å². The van der Waals surface area contributed by atoms with Gasteiger partial charge in [0.05, 0.1) is 0 Å². The molecule has 1 saturated heterocycles. The molecule has 0 spiro atoms. The van der Waals surface area contributed by atoms with E-state index in [0.29, 0.717) is 0 Å². The first-order valence-electron chi connectivity index (χ1n) is 7.88. The number of rotatable bonds is 5. The summed E-state index contributed by atoms with van der Waals surface area (Å²) in [6.07, 6.45) is 12.6. The van der Waals surface area contributed by atoms with Crippen molar-refractivity contribution in [2.75, 3.05) is 13.1 Å². The third-order valence-corrected chi connectivity index (χ3v) is 4.62. The molecule has 100 valence electrons. The molecule has 17 heavy (non-hydrogen) atoms. The Labute approximate surface area is 107 Å². The predicted octanol–water partition coefficient (Wildman–Crippen LogP) is 3.08. The second-order valence-electron chi connectivity index (χ2n) is 5.92. The fourth-order valence-corrected chi connectivity index (χ4v) is 3.60. The molecule has 0 amide bonds. The molecule has 2 aliphatic rings. The summed E-state index contributed by atoms with van der Waals surface area (Å²) >= 11 is 0. The molecule has 1 heterocycles. The van der Waals surface area contributed by atoms with Crippen molar-refractivity contribution in [3.63, 3.8) is 0 Å². The molecule has 2 nitrogen and oxygen atoms in total. The van der Waals surface area contributed by atoms with Crippen molar-refractivity contribution in [2.24, 2.45) is 5.92 Å². The second kappa shape index (κ2) is 7.38. The van der Waals surface area contributed by atoms with Gasteiger partial charge in [-0.3, -0.25) is 0 Å². The predicted molar refractivity (Wildman–Crippen MR) is 74.3 cm³/mol. The number of nitrogens with one attached hydrogen (secondary N) is 2. The Morgan fingerprint density at radius 3 is 2.65 bits per heavy atom. The molecule has 3 atom stereocenters. The lowest BCUT2D eigenvalue weighted by Gasteiger charge is -2.40. The zero-order valence-corrected chi connectivity index (χ0v) is 11.5. The van der Waals surface area contributed by atoms with E-state index in [1.807, 2.05) is 0 Å². The molecular formula is C15H30N2. The average molecular weight is 238 g/mol. The highest BCUT2D eigenvalue weighted by molar-refractivity contribution is 4.90. The molecule has 2 fully saturated rings. The summed E-state index contributed by atoms with van der Waals surface area (Å²) in [4.78, 5) is 0. The molecule has 2 N–H and O–H groups in total. The van der Waals surface area contributed by atoms with Crippen LogP contribution in [0, 0.1) is 5.92 Å². The quantitative estimate of drug-likeness (QED) is 0.719. The Morgan fingerprint density at radius 2 is 1.88 bits per heavy atom. The van der Waals surface area contributed by atoms with E-state index < -0.39 is 0 Å². The van der Waals surface area contributed by atoms with Crippen LogP contribution < -0.4 is 10.6 Å². The van der Waals surface area contributed by atoms with Crippen LogP contribution in [0.25, 0.3) is 0 Å². The van der Waals surface area contributed by atoms with Gasteiger partial charge in [0.2, 0.25) is 0 Å². The van der Waals surface area contributed by atoms with Gasteiger partial charge in [0.1, 0.15) is 0 Å². The topological polar surface area (TPSA) is 24.1 Å². The molecule has 1 aliphatic heterocycles. The number of hydrogen-bond acceptors (Lipinski definition) is 2. The molecule has 0 bridgehead atoms. The minimum Gasteiger partial charge on any atom is -0.314 e. The van der Waals surface area contributed by atoms with E-state index in [2.05, 4.69) is 17.6 Å². The monoisotopic (exact) mass is 238 g/mol. The molecule has 2 rings (SSSR count). The molecular weight excluding hydrogens is 208 g/mol. The summed E-state index contributed by atoms with van der Waals surface area (Å²) < 4.78 is 0. The number of hydrogen-bond donors (Lipinski definition) is 2. The summed E-state index contributed by atoms with van der Waals surface area (Å²) in [6, 6.07) is 1.61. The largest absolute Gasteiger partial charge is 0.314 e. The van der Waals surface area contributed by atoms with Crippen LogP contribution in [0.5, 0.6) is 0 Å². The van der Waals surface area contributed by atoms with Crippen molar-refractivity contribution >= 4 is 0 Å². The third-order valence-electron chi connectivity index (χ3n) is 4.62. The van der Waals surface area contributed by atoms with Crippen molar-refractivity contribution < 1.29 is 0 Å². The van der Waals surface area contributed by atoms with Crippen molar-refractivity contribution in [2.45, 2.75) is 76.8 Å². The standard InChI is InChI=1S/C15H30N2/c1-2-3-11-16-14-9-5-4-8-13(14)15-10-6-7-12-17-15/h13-17H,2-12H2,1H3. The van der Waals surface area contributed by atoms with Gasteiger partial charge in [-0.1, -0.05) is 32.6 Å². The summed E-state index contributed by atoms with van der Waals surface area (Å²) in [5.74, 6) is 0.904. The Kier molecular flexibility index (Phi) is 5.79. The molecule has 1 aliphatic carbocycles. The Balaban J connectivity index is 1.82. The van der Waals surface area contributed by atoms with Gasteiger partial charge in [0, 0.05) is 12.1 Å². The fourth-order valence-electron chi connectivity index (χ4n) is 3.60. The highest BCUT2D eigenvalue weighted by Gasteiger charge is 2.31. The molecule has 0 radical (unpaired) electrons. The lowest BCUT2D eigenvalue weighted by atomic mass is 9.77. The van der Waals surface area contributed by atoms with Gasteiger partial charge < -0.3 is 10.6 Å². The first-order chi connectivity index (χ1) is 8.42. The molecule has 0 aromatic heterocycles. The summed E-state index contributed by atoms with van der Waals surface area (Å²) in [5.41, 5.74) is 0. The van der Waals surface area contributed by atoms with Crippen LogP contribution in [0.4, 0.5) is 0 Å². The van der Waals surface area contributed by atoms with Crippen molar-refractivity contribution in [3.05, 3.63) is 0 Å². The Hall–Kier alpha value is -0.0800. The van der Waals surface area contributed by atoms with Crippen LogP contribution in [-0.4, -0.2) is 25.2 Å². The van der Waals surface area contributed by atoms with Gasteiger partial charge in [0.15, 0.2) is 0 Å². The van der Waals surface area contributed by atoms with Crippen molar-refractivity contribution in [1.29, 1.82) is 0 Å². The van der Waals surface area contributed by atoms with Gasteiger partial charge in [-0.25, -0.2) is 0 Å². The second-order valence-corrected chi connectivity index (χ2v) is 5.92. The SMILES string of the molecule is CCCCNC1CCCCC1C1CCCCN1. The Morgan fingerprint density at radius 1 is 1.06 bits per heavy atom.